The summed E-state index contributed by atoms with van der Waals surface area (Å²) in [5.74, 6) is -1.33. The minimum atomic E-state index is -1.23. The fourth-order valence-electron chi connectivity index (χ4n) is 5.51. The maximum Gasteiger partial charge on any atom is 0.183 e. The quantitative estimate of drug-likeness (QED) is 0.170. The molecule has 2 atom stereocenters. The molecule has 0 N–H and O–H groups in total. The Morgan fingerprint density at radius 2 is 1.49 bits per heavy atom. The second-order valence-electron chi connectivity index (χ2n) is 12.0. The molecular weight excluding hydrogens is 557 g/mol. The van der Waals surface area contributed by atoms with Gasteiger partial charge in [-0.05, 0) is 54.5 Å². The topological polar surface area (TPSA) is 47.5 Å². The molecule has 0 spiro atoms. The number of nitrogens with zero attached hydrogens (tertiary/aromatic N) is 3. The third-order valence-electron chi connectivity index (χ3n) is 7.14. The summed E-state index contributed by atoms with van der Waals surface area (Å²) < 4.78 is 50.3. The van der Waals surface area contributed by atoms with Gasteiger partial charge in [-0.25, -0.2) is 13.8 Å². The highest BCUT2D eigenvalue weighted by atomic mass is 32.1. The molecule has 9 heteroatoms. The molecule has 0 radical (unpaired) electrons. The molecule has 5 rings (SSSR count). The molecule has 2 unspecified atom stereocenters. The summed E-state index contributed by atoms with van der Waals surface area (Å²) in [6.45, 7) is 13.0. The zero-order chi connectivity index (χ0) is 29.4. The number of rotatable bonds is 7. The second-order valence-corrected chi connectivity index (χ2v) is 15.5. The molecule has 1 aromatic heterocycles. The van der Waals surface area contributed by atoms with Gasteiger partial charge in [-0.15, -0.1) is 0 Å². The summed E-state index contributed by atoms with van der Waals surface area (Å²) >= 11 is 1.06. The molecule has 4 aromatic rings. The van der Waals surface area contributed by atoms with Gasteiger partial charge in [-0.1, -0.05) is 81.4 Å². The predicted molar refractivity (Wildman–Crippen MR) is 164 cm³/mol. The molecular formula is C32H37F2N3O2SSi. The standard InChI is InChI=1S/C32H37F2N3O2SSi/c1-20-18-37(19-21(2)38-20)29-26(17-25(27(33)28(29)34)30-35-22(3)36-40-30)32(39-41-31(4,5)6,23-13-9-7-10-14-23)24-15-11-8-12-16-24/h7-17,20-21H,18-19,41H2,1-6H3. The molecule has 1 aliphatic rings. The van der Waals surface area contributed by atoms with E-state index in [4.69, 9.17) is 9.16 Å². The van der Waals surface area contributed by atoms with Gasteiger partial charge in [0.15, 0.2) is 21.4 Å². The maximum atomic E-state index is 16.7. The van der Waals surface area contributed by atoms with E-state index in [2.05, 4.69) is 30.1 Å². The van der Waals surface area contributed by atoms with Crippen LogP contribution in [-0.4, -0.2) is 44.4 Å². The van der Waals surface area contributed by atoms with Gasteiger partial charge in [0.25, 0.3) is 0 Å². The summed E-state index contributed by atoms with van der Waals surface area (Å²) in [7, 11) is -1.23. The van der Waals surface area contributed by atoms with Crippen molar-refractivity contribution in [2.24, 2.45) is 0 Å². The SMILES string of the molecule is Cc1nsc(-c2cc(C(O[SiH2]C(C)(C)C)(c3ccccc3)c3ccccc3)c(N3CC(C)OC(C)C3)c(F)c2F)n1. The van der Waals surface area contributed by atoms with Crippen LogP contribution in [0.3, 0.4) is 0 Å². The first-order chi connectivity index (χ1) is 19.5. The lowest BCUT2D eigenvalue weighted by Crippen LogP contribution is -2.47. The molecule has 1 fully saturated rings. The molecule has 2 heterocycles. The summed E-state index contributed by atoms with van der Waals surface area (Å²) in [4.78, 5) is 6.36. The summed E-state index contributed by atoms with van der Waals surface area (Å²) in [5.41, 5.74) is 1.33. The van der Waals surface area contributed by atoms with Gasteiger partial charge < -0.3 is 14.1 Å². The Morgan fingerprint density at radius 1 is 0.927 bits per heavy atom. The summed E-state index contributed by atoms with van der Waals surface area (Å²) in [5, 5.41) is 0.257. The normalized spacial score (nSPS) is 18.4. The minimum absolute atomic E-state index is 0.0747. The monoisotopic (exact) mass is 593 g/mol. The Morgan fingerprint density at radius 3 is 1.98 bits per heavy atom. The van der Waals surface area contributed by atoms with Gasteiger partial charge in [0.05, 0.1) is 23.5 Å². The van der Waals surface area contributed by atoms with E-state index in [9.17, 15) is 0 Å². The molecule has 0 saturated carbocycles. The number of hydrogen-bond donors (Lipinski definition) is 0. The van der Waals surface area contributed by atoms with Crippen molar-refractivity contribution in [1.82, 2.24) is 9.36 Å². The van der Waals surface area contributed by atoms with E-state index in [1.54, 1.807) is 13.0 Å². The van der Waals surface area contributed by atoms with Crippen LogP contribution in [0.4, 0.5) is 14.5 Å². The van der Waals surface area contributed by atoms with E-state index in [0.29, 0.717) is 29.5 Å². The number of halogens is 2. The number of aryl methyl sites for hydroxylation is 1. The van der Waals surface area contributed by atoms with E-state index in [1.807, 2.05) is 79.4 Å². The Bertz CT molecular complexity index is 1440. The number of aromatic nitrogens is 2. The van der Waals surface area contributed by atoms with Crippen molar-refractivity contribution in [3.63, 3.8) is 0 Å². The van der Waals surface area contributed by atoms with E-state index >= 15 is 8.78 Å². The van der Waals surface area contributed by atoms with Crippen LogP contribution in [0, 0.1) is 18.6 Å². The van der Waals surface area contributed by atoms with Crippen LogP contribution in [-0.2, 0) is 14.8 Å². The van der Waals surface area contributed by atoms with Crippen molar-refractivity contribution in [1.29, 1.82) is 0 Å². The third kappa shape index (κ3) is 5.99. The Hall–Kier alpha value is -2.98. The van der Waals surface area contributed by atoms with Gasteiger partial charge in [0, 0.05) is 18.7 Å². The minimum Gasteiger partial charge on any atom is -0.406 e. The van der Waals surface area contributed by atoms with Gasteiger partial charge in [0.1, 0.15) is 16.4 Å². The van der Waals surface area contributed by atoms with E-state index in [1.165, 1.54) is 0 Å². The first-order valence-corrected chi connectivity index (χ1v) is 16.0. The molecule has 0 bridgehead atoms. The Kier molecular flexibility index (Phi) is 8.43. The van der Waals surface area contributed by atoms with E-state index in [0.717, 1.165) is 22.7 Å². The van der Waals surface area contributed by atoms with Crippen LogP contribution < -0.4 is 4.90 Å². The van der Waals surface area contributed by atoms with Crippen LogP contribution >= 0.6 is 11.5 Å². The number of hydrogen-bond acceptors (Lipinski definition) is 6. The number of anilines is 1. The lowest BCUT2D eigenvalue weighted by atomic mass is 9.78. The fourth-order valence-corrected chi connectivity index (χ4v) is 7.33. The Labute approximate surface area is 247 Å². The smallest absolute Gasteiger partial charge is 0.183 e. The highest BCUT2D eigenvalue weighted by Crippen LogP contribution is 2.49. The molecule has 41 heavy (non-hydrogen) atoms. The van der Waals surface area contributed by atoms with Crippen molar-refractivity contribution in [3.8, 4) is 10.6 Å². The number of ether oxygens (including phenoxy) is 1. The fraction of sp³-hybridized carbons (Fsp3) is 0.375. The second kappa shape index (κ2) is 11.7. The molecule has 216 valence electrons. The van der Waals surface area contributed by atoms with E-state index in [-0.39, 0.29) is 28.5 Å². The zero-order valence-electron chi connectivity index (χ0n) is 24.4. The lowest BCUT2D eigenvalue weighted by Gasteiger charge is -2.43. The van der Waals surface area contributed by atoms with Crippen molar-refractivity contribution in [2.75, 3.05) is 18.0 Å². The third-order valence-corrected chi connectivity index (χ3v) is 9.42. The average Bonchev–Trinajstić information content (AvgIpc) is 3.36. The molecule has 1 aliphatic heterocycles. The van der Waals surface area contributed by atoms with Crippen molar-refractivity contribution >= 4 is 27.0 Å². The summed E-state index contributed by atoms with van der Waals surface area (Å²) in [6, 6.07) is 21.5. The van der Waals surface area contributed by atoms with Crippen LogP contribution in [0.15, 0.2) is 66.7 Å². The summed E-state index contributed by atoms with van der Waals surface area (Å²) in [6.07, 6.45) is -0.320. The molecule has 5 nitrogen and oxygen atoms in total. The van der Waals surface area contributed by atoms with Crippen molar-refractivity contribution in [2.45, 2.75) is 64.4 Å². The van der Waals surface area contributed by atoms with Crippen molar-refractivity contribution in [3.05, 3.63) is 101 Å². The van der Waals surface area contributed by atoms with E-state index < -0.39 is 27.0 Å². The van der Waals surface area contributed by atoms with Crippen LogP contribution in [0.5, 0.6) is 0 Å². The maximum absolute atomic E-state index is 16.7. The molecule has 0 amide bonds. The van der Waals surface area contributed by atoms with Gasteiger partial charge >= 0.3 is 0 Å². The largest absolute Gasteiger partial charge is 0.406 e. The van der Waals surface area contributed by atoms with Crippen LogP contribution in [0.1, 0.15) is 57.1 Å². The first kappa shape index (κ1) is 29.5. The van der Waals surface area contributed by atoms with Crippen molar-refractivity contribution < 1.29 is 17.9 Å². The first-order valence-electron chi connectivity index (χ1n) is 14.0. The van der Waals surface area contributed by atoms with Crippen LogP contribution in [0.2, 0.25) is 5.04 Å². The average molecular weight is 594 g/mol. The van der Waals surface area contributed by atoms with Gasteiger partial charge in [0.2, 0.25) is 0 Å². The predicted octanol–water partition coefficient (Wildman–Crippen LogP) is 7.02. The zero-order valence-corrected chi connectivity index (χ0v) is 26.7. The highest BCUT2D eigenvalue weighted by molar-refractivity contribution is 7.09. The molecule has 1 saturated heterocycles. The number of morpholine rings is 1. The van der Waals surface area contributed by atoms with Gasteiger partial charge in [-0.2, -0.15) is 4.37 Å². The Balaban J connectivity index is 1.90. The lowest BCUT2D eigenvalue weighted by molar-refractivity contribution is -0.00566. The highest BCUT2D eigenvalue weighted by Gasteiger charge is 2.44. The van der Waals surface area contributed by atoms with Gasteiger partial charge in [-0.3, -0.25) is 0 Å². The number of benzene rings is 3. The molecule has 3 aromatic carbocycles. The molecule has 0 aliphatic carbocycles. The van der Waals surface area contributed by atoms with Crippen LogP contribution in [0.25, 0.3) is 10.6 Å².